The summed E-state index contributed by atoms with van der Waals surface area (Å²) in [7, 11) is -3.61. The Morgan fingerprint density at radius 2 is 1.89 bits per heavy atom. The van der Waals surface area contributed by atoms with Gasteiger partial charge in [0, 0.05) is 19.1 Å². The second-order valence-corrected chi connectivity index (χ2v) is 9.38. The van der Waals surface area contributed by atoms with E-state index >= 15 is 0 Å². The number of carbonyl (C=O) groups excluding carboxylic acids is 2. The number of nitrogens with one attached hydrogen (secondary N) is 1. The van der Waals surface area contributed by atoms with Crippen LogP contribution in [0.4, 0.5) is 0 Å². The number of phenols is 1. The molecule has 1 fully saturated rings. The molecular formula is C18H27N3O5S. The van der Waals surface area contributed by atoms with E-state index in [1.165, 1.54) is 4.90 Å². The van der Waals surface area contributed by atoms with Crippen molar-refractivity contribution in [3.63, 3.8) is 0 Å². The third-order valence-electron chi connectivity index (χ3n) is 4.63. The van der Waals surface area contributed by atoms with Crippen molar-refractivity contribution in [3.8, 4) is 5.75 Å². The van der Waals surface area contributed by atoms with Crippen molar-refractivity contribution in [1.82, 2.24) is 14.5 Å². The summed E-state index contributed by atoms with van der Waals surface area (Å²) in [5, 5.41) is 12.2. The molecule has 8 nitrogen and oxygen atoms in total. The summed E-state index contributed by atoms with van der Waals surface area (Å²) in [6.07, 6.45) is 1.52. The van der Waals surface area contributed by atoms with Gasteiger partial charge in [-0.05, 0) is 44.9 Å². The number of nitrogens with zero attached hydrogens (tertiary/aromatic N) is 2. The molecule has 1 aliphatic heterocycles. The molecule has 150 valence electrons. The normalized spacial score (nSPS) is 21.5. The van der Waals surface area contributed by atoms with Gasteiger partial charge in [0.25, 0.3) is 0 Å². The van der Waals surface area contributed by atoms with Crippen LogP contribution in [0.3, 0.4) is 0 Å². The lowest BCUT2D eigenvalue weighted by molar-refractivity contribution is -0.152. The maximum absolute atomic E-state index is 12.9. The first-order valence-corrected chi connectivity index (χ1v) is 10.6. The molecule has 0 aromatic heterocycles. The minimum atomic E-state index is -3.61. The van der Waals surface area contributed by atoms with E-state index in [4.69, 9.17) is 0 Å². The Balaban J connectivity index is 2.29. The molecule has 1 saturated heterocycles. The monoisotopic (exact) mass is 397 g/mol. The molecule has 2 rings (SSSR count). The van der Waals surface area contributed by atoms with Gasteiger partial charge < -0.3 is 15.3 Å². The van der Waals surface area contributed by atoms with Crippen LogP contribution in [0.25, 0.3) is 0 Å². The highest BCUT2D eigenvalue weighted by atomic mass is 32.2. The van der Waals surface area contributed by atoms with E-state index in [1.807, 2.05) is 0 Å². The number of phenolic OH excluding ortho intramolecular Hbond substituents is 1. The third kappa shape index (κ3) is 4.98. The molecule has 2 N–H and O–H groups in total. The fraction of sp³-hybridized carbons (Fsp3) is 0.556. The summed E-state index contributed by atoms with van der Waals surface area (Å²) in [6, 6.07) is 6.47. The van der Waals surface area contributed by atoms with Gasteiger partial charge in [-0.2, -0.15) is 4.31 Å². The Hall–Kier alpha value is -2.13. The Bertz CT molecular complexity index is 807. The molecule has 9 heteroatoms. The first-order valence-electron chi connectivity index (χ1n) is 8.78. The Morgan fingerprint density at radius 1 is 1.30 bits per heavy atom. The molecule has 27 heavy (non-hydrogen) atoms. The number of piperazine rings is 1. The highest BCUT2D eigenvalue weighted by Crippen LogP contribution is 2.25. The van der Waals surface area contributed by atoms with Crippen molar-refractivity contribution in [2.24, 2.45) is 0 Å². The summed E-state index contributed by atoms with van der Waals surface area (Å²) in [5.41, 5.74) is -0.405. The van der Waals surface area contributed by atoms with Crippen molar-refractivity contribution >= 4 is 21.8 Å². The van der Waals surface area contributed by atoms with E-state index in [1.54, 1.807) is 45.0 Å². The first kappa shape index (κ1) is 21.2. The summed E-state index contributed by atoms with van der Waals surface area (Å²) in [6.45, 7) is 5.10. The van der Waals surface area contributed by atoms with Crippen LogP contribution in [0.15, 0.2) is 24.3 Å². The maximum Gasteiger partial charge on any atom is 0.247 e. The molecule has 1 atom stereocenters. The van der Waals surface area contributed by atoms with Gasteiger partial charge in [0.1, 0.15) is 11.3 Å². The molecule has 0 saturated carbocycles. The van der Waals surface area contributed by atoms with Crippen LogP contribution >= 0.6 is 0 Å². The number of sulfonamides is 1. The highest BCUT2D eigenvalue weighted by molar-refractivity contribution is 7.88. The molecule has 0 radical (unpaired) electrons. The zero-order valence-electron chi connectivity index (χ0n) is 16.1. The van der Waals surface area contributed by atoms with Gasteiger partial charge in [0.15, 0.2) is 0 Å². The van der Waals surface area contributed by atoms with Crippen molar-refractivity contribution in [2.45, 2.75) is 38.8 Å². The zero-order chi connectivity index (χ0) is 20.4. The van der Waals surface area contributed by atoms with Crippen LogP contribution in [0, 0.1) is 0 Å². The molecule has 0 aliphatic carbocycles. The average molecular weight is 397 g/mol. The van der Waals surface area contributed by atoms with Crippen LogP contribution in [-0.4, -0.2) is 72.0 Å². The van der Waals surface area contributed by atoms with Crippen LogP contribution < -0.4 is 5.32 Å². The van der Waals surface area contributed by atoms with Gasteiger partial charge in [-0.1, -0.05) is 12.1 Å². The van der Waals surface area contributed by atoms with Crippen LogP contribution in [0.2, 0.25) is 0 Å². The summed E-state index contributed by atoms with van der Waals surface area (Å²) in [5.74, 6) is -0.644. The number of rotatable bonds is 6. The second kappa shape index (κ2) is 7.85. The largest absolute Gasteiger partial charge is 0.508 e. The summed E-state index contributed by atoms with van der Waals surface area (Å²) < 4.78 is 25.0. The molecule has 0 bridgehead atoms. The van der Waals surface area contributed by atoms with Gasteiger partial charge in [-0.25, -0.2) is 8.42 Å². The fourth-order valence-corrected chi connectivity index (χ4v) is 3.95. The van der Waals surface area contributed by atoms with E-state index in [9.17, 15) is 23.1 Å². The number of hydrogen-bond donors (Lipinski definition) is 2. The number of carbonyl (C=O) groups is 2. The fourth-order valence-electron chi connectivity index (χ4n) is 3.12. The second-order valence-electron chi connectivity index (χ2n) is 7.39. The number of amides is 2. The summed E-state index contributed by atoms with van der Waals surface area (Å²) >= 11 is 0. The Labute approximate surface area is 160 Å². The van der Waals surface area contributed by atoms with E-state index in [0.29, 0.717) is 6.42 Å². The Kier molecular flexibility index (Phi) is 6.16. The lowest BCUT2D eigenvalue weighted by Crippen LogP contribution is -2.70. The quantitative estimate of drug-likeness (QED) is 0.719. The lowest BCUT2D eigenvalue weighted by Gasteiger charge is -2.46. The minimum absolute atomic E-state index is 0.0916. The maximum atomic E-state index is 12.9. The molecule has 1 aliphatic rings. The van der Waals surface area contributed by atoms with Crippen molar-refractivity contribution in [3.05, 3.63) is 29.8 Å². The standard InChI is InChI=1S/C18H27N3O5S/c1-13(2)19-17(24)18(3)12-20(27(4,25)26)11-16(23)21(18)10-9-14-5-7-15(22)8-6-14/h5-8,13,22H,9-12H2,1-4H3,(H,19,24). The van der Waals surface area contributed by atoms with Gasteiger partial charge in [0.05, 0.1) is 12.8 Å². The van der Waals surface area contributed by atoms with Gasteiger partial charge in [-0.15, -0.1) is 0 Å². The molecule has 1 aromatic rings. The Morgan fingerprint density at radius 3 is 2.41 bits per heavy atom. The average Bonchev–Trinajstić information content (AvgIpc) is 2.54. The van der Waals surface area contributed by atoms with E-state index in [2.05, 4.69) is 5.32 Å². The SMILES string of the molecule is CC(C)NC(=O)C1(C)CN(S(C)(=O)=O)CC(=O)N1CCc1ccc(O)cc1. The van der Waals surface area contributed by atoms with Crippen molar-refractivity contribution in [2.75, 3.05) is 25.9 Å². The predicted octanol–water partition coefficient (Wildman–Crippen LogP) is 0.322. The van der Waals surface area contributed by atoms with Crippen LogP contribution in [0.5, 0.6) is 5.75 Å². The van der Waals surface area contributed by atoms with Crippen molar-refractivity contribution < 1.29 is 23.1 Å². The molecule has 2 amide bonds. The zero-order valence-corrected chi connectivity index (χ0v) is 16.9. The first-order chi connectivity index (χ1) is 12.4. The van der Waals surface area contributed by atoms with Crippen LogP contribution in [0.1, 0.15) is 26.3 Å². The topological polar surface area (TPSA) is 107 Å². The molecule has 1 unspecified atom stereocenters. The van der Waals surface area contributed by atoms with Crippen molar-refractivity contribution in [1.29, 1.82) is 0 Å². The van der Waals surface area contributed by atoms with E-state index < -0.39 is 21.5 Å². The molecule has 1 aromatic carbocycles. The molecule has 0 spiro atoms. The smallest absolute Gasteiger partial charge is 0.247 e. The van der Waals surface area contributed by atoms with Gasteiger partial charge >= 0.3 is 0 Å². The van der Waals surface area contributed by atoms with Gasteiger partial charge in [-0.3, -0.25) is 9.59 Å². The number of aromatic hydroxyl groups is 1. The van der Waals surface area contributed by atoms with Gasteiger partial charge in [0.2, 0.25) is 21.8 Å². The third-order valence-corrected chi connectivity index (χ3v) is 5.83. The number of benzene rings is 1. The lowest BCUT2D eigenvalue weighted by atomic mass is 9.94. The van der Waals surface area contributed by atoms with Crippen LogP contribution in [-0.2, 0) is 26.0 Å². The highest BCUT2D eigenvalue weighted by Gasteiger charge is 2.49. The molecular weight excluding hydrogens is 370 g/mol. The van der Waals surface area contributed by atoms with E-state index in [-0.39, 0.29) is 37.3 Å². The minimum Gasteiger partial charge on any atom is -0.508 e. The predicted molar refractivity (Wildman–Crippen MR) is 102 cm³/mol. The summed E-state index contributed by atoms with van der Waals surface area (Å²) in [4.78, 5) is 27.0. The molecule has 1 heterocycles. The van der Waals surface area contributed by atoms with E-state index in [0.717, 1.165) is 16.1 Å². The number of hydrogen-bond acceptors (Lipinski definition) is 5.